The van der Waals surface area contributed by atoms with Crippen molar-refractivity contribution in [3.05, 3.63) is 54.4 Å². The normalized spacial score (nSPS) is 12.3. The Morgan fingerprint density at radius 1 is 1.04 bits per heavy atom. The zero-order valence-corrected chi connectivity index (χ0v) is 15.5. The van der Waals surface area contributed by atoms with Gasteiger partial charge in [-0.25, -0.2) is 15.0 Å². The largest absolute Gasteiger partial charge is 0.454 e. The van der Waals surface area contributed by atoms with E-state index in [2.05, 4.69) is 25.6 Å². The minimum Gasteiger partial charge on any atom is -0.454 e. The van der Waals surface area contributed by atoms with Crippen LogP contribution in [-0.2, 0) is 6.54 Å². The molecule has 0 radical (unpaired) electrons. The molecule has 0 unspecified atom stereocenters. The summed E-state index contributed by atoms with van der Waals surface area (Å²) >= 11 is 1.54. The van der Waals surface area contributed by atoms with E-state index >= 15 is 0 Å². The Kier molecular flexibility index (Phi) is 4.06. The number of nitrogen functional groups attached to an aromatic ring is 1. The molecule has 4 N–H and O–H groups in total. The van der Waals surface area contributed by atoms with Crippen LogP contribution >= 0.6 is 11.3 Å². The molecule has 0 atom stereocenters. The average Bonchev–Trinajstić information content (AvgIpc) is 3.34. The number of nitrogens with two attached hydrogens (primary N) is 1. The Labute approximate surface area is 164 Å². The van der Waals surface area contributed by atoms with Crippen LogP contribution in [0.1, 0.15) is 5.56 Å². The third-order valence-electron chi connectivity index (χ3n) is 4.30. The second-order valence-electron chi connectivity index (χ2n) is 6.14. The Morgan fingerprint density at radius 3 is 2.82 bits per heavy atom. The fourth-order valence-electron chi connectivity index (χ4n) is 2.90. The lowest BCUT2D eigenvalue weighted by Gasteiger charge is -2.11. The third-order valence-corrected chi connectivity index (χ3v) is 5.25. The second-order valence-corrected chi connectivity index (χ2v) is 7.17. The van der Waals surface area contributed by atoms with Gasteiger partial charge in [0.25, 0.3) is 0 Å². The molecule has 8 nitrogen and oxygen atoms in total. The monoisotopic (exact) mass is 392 g/mol. The zero-order valence-electron chi connectivity index (χ0n) is 14.7. The predicted octanol–water partition coefficient (Wildman–Crippen LogP) is 3.75. The van der Waals surface area contributed by atoms with Crippen molar-refractivity contribution in [3.8, 4) is 11.5 Å². The zero-order chi connectivity index (χ0) is 18.9. The van der Waals surface area contributed by atoms with Gasteiger partial charge < -0.3 is 25.8 Å². The van der Waals surface area contributed by atoms with Crippen molar-refractivity contribution in [2.24, 2.45) is 0 Å². The van der Waals surface area contributed by atoms with Crippen molar-refractivity contribution in [2.45, 2.75) is 6.54 Å². The summed E-state index contributed by atoms with van der Waals surface area (Å²) in [7, 11) is 0. The number of nitrogens with zero attached hydrogens (tertiary/aromatic N) is 3. The highest BCUT2D eigenvalue weighted by atomic mass is 32.1. The average molecular weight is 392 g/mol. The SMILES string of the molecule is Nc1c(NCc2ccc3c(c2)OCO3)ncnc1Nc1nc2ccccc2s1. The summed E-state index contributed by atoms with van der Waals surface area (Å²) in [6.45, 7) is 0.796. The first-order valence-electron chi connectivity index (χ1n) is 8.62. The predicted molar refractivity (Wildman–Crippen MR) is 109 cm³/mol. The van der Waals surface area contributed by atoms with E-state index in [1.807, 2.05) is 42.5 Å². The van der Waals surface area contributed by atoms with E-state index in [0.717, 1.165) is 32.4 Å². The number of hydrogen-bond donors (Lipinski definition) is 3. The molecular formula is C19H16N6O2S. The maximum atomic E-state index is 6.26. The number of para-hydroxylation sites is 1. The van der Waals surface area contributed by atoms with Crippen LogP contribution in [0.4, 0.5) is 22.5 Å². The van der Waals surface area contributed by atoms with Crippen LogP contribution in [0.2, 0.25) is 0 Å². The summed E-state index contributed by atoms with van der Waals surface area (Å²) in [6, 6.07) is 13.7. The van der Waals surface area contributed by atoms with E-state index in [9.17, 15) is 0 Å². The molecule has 0 fully saturated rings. The Balaban J connectivity index is 1.33. The minimum atomic E-state index is 0.256. The van der Waals surface area contributed by atoms with Gasteiger partial charge >= 0.3 is 0 Å². The molecule has 2 aromatic heterocycles. The van der Waals surface area contributed by atoms with Crippen molar-refractivity contribution < 1.29 is 9.47 Å². The molecule has 0 saturated carbocycles. The van der Waals surface area contributed by atoms with Gasteiger partial charge in [0.15, 0.2) is 28.3 Å². The van der Waals surface area contributed by atoms with Crippen LogP contribution in [-0.4, -0.2) is 21.7 Å². The Bertz CT molecular complexity index is 1130. The van der Waals surface area contributed by atoms with Crippen LogP contribution in [0, 0.1) is 0 Å². The summed E-state index contributed by atoms with van der Waals surface area (Å²) < 4.78 is 11.8. The number of hydrogen-bond acceptors (Lipinski definition) is 9. The molecule has 2 aromatic carbocycles. The van der Waals surface area contributed by atoms with Crippen LogP contribution in [0.5, 0.6) is 11.5 Å². The van der Waals surface area contributed by atoms with E-state index in [1.54, 1.807) is 11.3 Å². The molecule has 1 aliphatic heterocycles. The first-order valence-corrected chi connectivity index (χ1v) is 9.43. The maximum Gasteiger partial charge on any atom is 0.231 e. The smallest absolute Gasteiger partial charge is 0.231 e. The quantitative estimate of drug-likeness (QED) is 0.471. The number of rotatable bonds is 5. The lowest BCUT2D eigenvalue weighted by atomic mass is 10.2. The lowest BCUT2D eigenvalue weighted by Crippen LogP contribution is -2.08. The maximum absolute atomic E-state index is 6.26. The molecule has 28 heavy (non-hydrogen) atoms. The highest BCUT2D eigenvalue weighted by Gasteiger charge is 2.14. The topological polar surface area (TPSA) is 107 Å². The van der Waals surface area contributed by atoms with Gasteiger partial charge in [-0.3, -0.25) is 0 Å². The van der Waals surface area contributed by atoms with Gasteiger partial charge in [0.2, 0.25) is 6.79 Å². The van der Waals surface area contributed by atoms with Crippen molar-refractivity contribution in [1.29, 1.82) is 0 Å². The number of nitrogens with one attached hydrogen (secondary N) is 2. The summed E-state index contributed by atoms with van der Waals surface area (Å²) in [6.07, 6.45) is 1.47. The highest BCUT2D eigenvalue weighted by Crippen LogP contribution is 2.33. The molecule has 140 valence electrons. The van der Waals surface area contributed by atoms with Crippen molar-refractivity contribution >= 4 is 44.0 Å². The van der Waals surface area contributed by atoms with Gasteiger partial charge in [0.1, 0.15) is 12.0 Å². The molecule has 4 aromatic rings. The van der Waals surface area contributed by atoms with E-state index in [4.69, 9.17) is 15.2 Å². The van der Waals surface area contributed by atoms with Crippen LogP contribution in [0.3, 0.4) is 0 Å². The molecule has 3 heterocycles. The van der Waals surface area contributed by atoms with Gasteiger partial charge in [0, 0.05) is 6.54 Å². The molecule has 9 heteroatoms. The molecular weight excluding hydrogens is 376 g/mol. The fourth-order valence-corrected chi connectivity index (χ4v) is 3.76. The fraction of sp³-hybridized carbons (Fsp3) is 0.105. The number of anilines is 4. The second kappa shape index (κ2) is 6.86. The van der Waals surface area contributed by atoms with Crippen molar-refractivity contribution in [3.63, 3.8) is 0 Å². The third kappa shape index (κ3) is 3.12. The first-order chi connectivity index (χ1) is 13.8. The van der Waals surface area contributed by atoms with Gasteiger partial charge in [-0.15, -0.1) is 0 Å². The molecule has 0 aliphatic carbocycles. The number of fused-ring (bicyclic) bond motifs is 2. The Morgan fingerprint density at radius 2 is 1.89 bits per heavy atom. The van der Waals surface area contributed by atoms with Gasteiger partial charge in [-0.2, -0.15) is 0 Å². The van der Waals surface area contributed by atoms with Crippen LogP contribution in [0.15, 0.2) is 48.8 Å². The molecule has 0 saturated heterocycles. The molecule has 5 rings (SSSR count). The van der Waals surface area contributed by atoms with Gasteiger partial charge in [-0.1, -0.05) is 29.5 Å². The first kappa shape index (κ1) is 16.6. The summed E-state index contributed by atoms with van der Waals surface area (Å²) in [4.78, 5) is 13.1. The van der Waals surface area contributed by atoms with Crippen molar-refractivity contribution in [2.75, 3.05) is 23.2 Å². The lowest BCUT2D eigenvalue weighted by molar-refractivity contribution is 0.174. The van der Waals surface area contributed by atoms with Crippen molar-refractivity contribution in [1.82, 2.24) is 15.0 Å². The summed E-state index contributed by atoms with van der Waals surface area (Å²) in [5.41, 5.74) is 8.66. The molecule has 0 spiro atoms. The number of benzene rings is 2. The van der Waals surface area contributed by atoms with E-state index in [0.29, 0.717) is 23.9 Å². The number of thiazole rings is 1. The van der Waals surface area contributed by atoms with Gasteiger partial charge in [-0.05, 0) is 29.8 Å². The summed E-state index contributed by atoms with van der Waals surface area (Å²) in [5.74, 6) is 2.57. The molecule has 0 amide bonds. The van der Waals surface area contributed by atoms with E-state index in [1.165, 1.54) is 6.33 Å². The molecule has 0 bridgehead atoms. The standard InChI is InChI=1S/C19H16N6O2S/c20-16-17(21-8-11-5-6-13-14(7-11)27-10-26-13)22-9-23-18(16)25-19-24-12-3-1-2-4-15(12)28-19/h1-7,9H,8,10,20H2,(H2,21,22,23,24,25). The minimum absolute atomic E-state index is 0.256. The van der Waals surface area contributed by atoms with Crippen LogP contribution < -0.4 is 25.8 Å². The van der Waals surface area contributed by atoms with Gasteiger partial charge in [0.05, 0.1) is 10.2 Å². The highest BCUT2D eigenvalue weighted by molar-refractivity contribution is 7.22. The van der Waals surface area contributed by atoms with Crippen LogP contribution in [0.25, 0.3) is 10.2 Å². The number of aromatic nitrogens is 3. The van der Waals surface area contributed by atoms with E-state index < -0.39 is 0 Å². The molecule has 1 aliphatic rings. The Hall–Kier alpha value is -3.59. The van der Waals surface area contributed by atoms with E-state index in [-0.39, 0.29) is 6.79 Å². The number of ether oxygens (including phenoxy) is 2. The summed E-state index contributed by atoms with van der Waals surface area (Å²) in [5, 5.41) is 7.16.